The van der Waals surface area contributed by atoms with Crippen LogP contribution in [0.3, 0.4) is 0 Å². The second-order valence-corrected chi connectivity index (χ2v) is 2.03. The Hall–Kier alpha value is -1.71. The summed E-state index contributed by atoms with van der Waals surface area (Å²) in [4.78, 5) is 10.1. The van der Waals surface area contributed by atoms with Gasteiger partial charge in [0.1, 0.15) is 0 Å². The first kappa shape index (κ1) is 14.8. The lowest BCUT2D eigenvalue weighted by Crippen LogP contribution is -1.96. The normalized spacial score (nSPS) is 9.14. The molecule has 0 aromatic rings. The van der Waals surface area contributed by atoms with Crippen LogP contribution in [0, 0.1) is 0 Å². The summed E-state index contributed by atoms with van der Waals surface area (Å²) in [6.07, 6.45) is 3.86. The predicted molar refractivity (Wildman–Crippen MR) is 54.5 cm³/mol. The van der Waals surface area contributed by atoms with Crippen molar-refractivity contribution < 1.29 is 19.4 Å². The maximum Gasteiger partial charge on any atom is 0.334 e. The van der Waals surface area contributed by atoms with Crippen LogP contribution in [0.1, 0.15) is 13.8 Å². The van der Waals surface area contributed by atoms with E-state index in [1.165, 1.54) is 25.7 Å². The van der Waals surface area contributed by atoms with Gasteiger partial charge in [-0.25, -0.2) is 4.79 Å². The summed E-state index contributed by atoms with van der Waals surface area (Å²) in [5.74, 6) is -0.941. The van der Waals surface area contributed by atoms with Crippen molar-refractivity contribution in [3.8, 4) is 0 Å². The average Bonchev–Trinajstić information content (AvgIpc) is 2.16. The third-order valence-electron chi connectivity index (χ3n) is 0.957. The molecule has 0 aliphatic heterocycles. The molecule has 0 bridgehead atoms. The molecular formula is C10H16O4. The maximum atomic E-state index is 10.1. The van der Waals surface area contributed by atoms with Gasteiger partial charge in [-0.3, -0.25) is 0 Å². The lowest BCUT2D eigenvalue weighted by atomic mass is 10.3. The van der Waals surface area contributed by atoms with Crippen molar-refractivity contribution in [2.45, 2.75) is 13.8 Å². The van der Waals surface area contributed by atoms with Crippen molar-refractivity contribution in [2.24, 2.45) is 0 Å². The first-order valence-electron chi connectivity index (χ1n) is 3.99. The Kier molecular flexibility index (Phi) is 11.9. The summed E-state index contributed by atoms with van der Waals surface area (Å²) in [6.45, 7) is 10.3. The van der Waals surface area contributed by atoms with E-state index >= 15 is 0 Å². The number of rotatable bonds is 5. The number of aliphatic carboxylic acids is 1. The fourth-order valence-electron chi connectivity index (χ4n) is 0.327. The number of carboxylic acids is 1. The van der Waals surface area contributed by atoms with Crippen LogP contribution in [0.4, 0.5) is 0 Å². The summed E-state index contributed by atoms with van der Waals surface area (Å²) in [6, 6.07) is 0. The van der Waals surface area contributed by atoms with Crippen molar-refractivity contribution in [3.05, 3.63) is 37.5 Å². The van der Waals surface area contributed by atoms with Crippen LogP contribution in [-0.2, 0) is 14.3 Å². The van der Waals surface area contributed by atoms with Crippen molar-refractivity contribution in [3.63, 3.8) is 0 Å². The van der Waals surface area contributed by atoms with E-state index in [1.54, 1.807) is 6.92 Å². The summed E-state index contributed by atoms with van der Waals surface area (Å²) in [5.41, 5.74) is 0.219. The Morgan fingerprint density at radius 2 is 1.93 bits per heavy atom. The van der Waals surface area contributed by atoms with Gasteiger partial charge in [0.05, 0.1) is 31.0 Å². The van der Waals surface area contributed by atoms with Crippen molar-refractivity contribution in [1.82, 2.24) is 0 Å². The van der Waals surface area contributed by atoms with Gasteiger partial charge in [0.25, 0.3) is 0 Å². The number of hydrogen-bond donors (Lipinski definition) is 1. The Bertz CT molecular complexity index is 200. The molecule has 0 atom stereocenters. The SMILES string of the molecule is C=COC=C.CCOC=C(C)C(=O)O. The zero-order valence-electron chi connectivity index (χ0n) is 8.53. The lowest BCUT2D eigenvalue weighted by molar-refractivity contribution is -0.132. The van der Waals surface area contributed by atoms with Gasteiger partial charge in [-0.05, 0) is 13.8 Å². The summed E-state index contributed by atoms with van der Waals surface area (Å²) >= 11 is 0. The van der Waals surface area contributed by atoms with Gasteiger partial charge in [0, 0.05) is 0 Å². The Balaban J connectivity index is 0. The van der Waals surface area contributed by atoms with Crippen LogP contribution in [0.15, 0.2) is 37.5 Å². The molecule has 0 heterocycles. The molecule has 0 aliphatic carbocycles. The van der Waals surface area contributed by atoms with Gasteiger partial charge in [0.2, 0.25) is 0 Å². The fourth-order valence-corrected chi connectivity index (χ4v) is 0.327. The van der Waals surface area contributed by atoms with Gasteiger partial charge in [-0.1, -0.05) is 13.2 Å². The highest BCUT2D eigenvalue weighted by molar-refractivity contribution is 5.85. The van der Waals surface area contributed by atoms with Gasteiger partial charge in [0.15, 0.2) is 0 Å². The van der Waals surface area contributed by atoms with Gasteiger partial charge < -0.3 is 14.6 Å². The molecule has 0 aromatic carbocycles. The first-order valence-corrected chi connectivity index (χ1v) is 3.99. The highest BCUT2D eigenvalue weighted by atomic mass is 16.5. The van der Waals surface area contributed by atoms with Crippen molar-refractivity contribution in [1.29, 1.82) is 0 Å². The molecule has 0 spiro atoms. The number of ether oxygens (including phenoxy) is 2. The maximum absolute atomic E-state index is 10.1. The molecule has 0 aliphatic rings. The number of carbonyl (C=O) groups is 1. The van der Waals surface area contributed by atoms with Crippen molar-refractivity contribution in [2.75, 3.05) is 6.61 Å². The minimum atomic E-state index is -0.941. The number of hydrogen-bond acceptors (Lipinski definition) is 3. The van der Waals surface area contributed by atoms with Crippen LogP contribution in [-0.4, -0.2) is 17.7 Å². The van der Waals surface area contributed by atoms with Crippen LogP contribution >= 0.6 is 0 Å². The molecular weight excluding hydrogens is 184 g/mol. The van der Waals surface area contributed by atoms with Crippen LogP contribution in [0.2, 0.25) is 0 Å². The van der Waals surface area contributed by atoms with Gasteiger partial charge in [-0.15, -0.1) is 0 Å². The van der Waals surface area contributed by atoms with Gasteiger partial charge >= 0.3 is 5.97 Å². The molecule has 4 heteroatoms. The smallest absolute Gasteiger partial charge is 0.334 e. The predicted octanol–water partition coefficient (Wildman–Crippen LogP) is 2.30. The van der Waals surface area contributed by atoms with Gasteiger partial charge in [-0.2, -0.15) is 0 Å². The average molecular weight is 200 g/mol. The van der Waals surface area contributed by atoms with E-state index in [2.05, 4.69) is 17.9 Å². The van der Waals surface area contributed by atoms with E-state index in [0.29, 0.717) is 6.61 Å². The summed E-state index contributed by atoms with van der Waals surface area (Å²) < 4.78 is 9.07. The molecule has 1 N–H and O–H groups in total. The zero-order valence-corrected chi connectivity index (χ0v) is 8.53. The van der Waals surface area contributed by atoms with Crippen LogP contribution in [0.5, 0.6) is 0 Å². The minimum Gasteiger partial charge on any atom is -0.501 e. The quantitative estimate of drug-likeness (QED) is 0.546. The summed E-state index contributed by atoms with van der Waals surface area (Å²) in [7, 11) is 0. The van der Waals surface area contributed by atoms with Crippen molar-refractivity contribution >= 4 is 5.97 Å². The second-order valence-electron chi connectivity index (χ2n) is 2.03. The van der Waals surface area contributed by atoms with E-state index in [1.807, 2.05) is 0 Å². The van der Waals surface area contributed by atoms with E-state index in [-0.39, 0.29) is 5.57 Å². The molecule has 0 fully saturated rings. The van der Waals surface area contributed by atoms with E-state index in [4.69, 9.17) is 9.84 Å². The molecule has 14 heavy (non-hydrogen) atoms. The minimum absolute atomic E-state index is 0.219. The molecule has 0 rings (SSSR count). The molecule has 0 saturated heterocycles. The van der Waals surface area contributed by atoms with E-state index < -0.39 is 5.97 Å². The van der Waals surface area contributed by atoms with Crippen LogP contribution < -0.4 is 0 Å². The molecule has 80 valence electrons. The highest BCUT2D eigenvalue weighted by Crippen LogP contribution is 1.91. The Morgan fingerprint density at radius 3 is 2.14 bits per heavy atom. The molecule has 0 amide bonds. The number of carboxylic acid groups (broad SMARTS) is 1. The topological polar surface area (TPSA) is 55.8 Å². The molecule has 0 unspecified atom stereocenters. The van der Waals surface area contributed by atoms with E-state index in [9.17, 15) is 4.79 Å². The summed E-state index contributed by atoms with van der Waals surface area (Å²) in [5, 5.41) is 8.26. The largest absolute Gasteiger partial charge is 0.501 e. The third kappa shape index (κ3) is 12.9. The molecule has 4 nitrogen and oxygen atoms in total. The van der Waals surface area contributed by atoms with Crippen LogP contribution in [0.25, 0.3) is 0 Å². The molecule has 0 aromatic heterocycles. The molecule has 0 saturated carbocycles. The first-order chi connectivity index (χ1) is 6.59. The standard InChI is InChI=1S/C6H10O3.C4H6O/c1-3-9-4-5(2)6(7)8;1-3-5-4-2/h4H,3H2,1-2H3,(H,7,8);3-4H,1-2H2. The second kappa shape index (κ2) is 11.3. The van der Waals surface area contributed by atoms with E-state index in [0.717, 1.165) is 0 Å². The monoisotopic (exact) mass is 200 g/mol. The lowest BCUT2D eigenvalue weighted by Gasteiger charge is -1.93. The zero-order chi connectivity index (χ0) is 11.4. The highest BCUT2D eigenvalue weighted by Gasteiger charge is 1.97. The third-order valence-corrected chi connectivity index (χ3v) is 0.957. The molecule has 0 radical (unpaired) electrons. The fraction of sp³-hybridized carbons (Fsp3) is 0.300. The Labute approximate surface area is 84.1 Å². The Morgan fingerprint density at radius 1 is 1.43 bits per heavy atom.